The maximum absolute atomic E-state index is 14.8. The predicted octanol–water partition coefficient (Wildman–Crippen LogP) is 0.393. The van der Waals surface area contributed by atoms with Crippen LogP contribution >= 0.6 is 0 Å². The van der Waals surface area contributed by atoms with Crippen LogP contribution in [0.4, 0.5) is 9.18 Å². The summed E-state index contributed by atoms with van der Waals surface area (Å²) in [6.07, 6.45) is -6.05. The van der Waals surface area contributed by atoms with Crippen LogP contribution < -0.4 is 11.2 Å². The van der Waals surface area contributed by atoms with Crippen molar-refractivity contribution in [2.75, 3.05) is 6.61 Å². The van der Waals surface area contributed by atoms with Crippen molar-refractivity contribution in [3.8, 4) is 0 Å². The second-order valence-corrected chi connectivity index (χ2v) is 6.72. The molecular weight excluding hydrogens is 339 g/mol. The van der Waals surface area contributed by atoms with Crippen LogP contribution in [0.2, 0.25) is 0 Å². The third-order valence-corrected chi connectivity index (χ3v) is 3.49. The highest BCUT2D eigenvalue weighted by atomic mass is 19.1. The van der Waals surface area contributed by atoms with Gasteiger partial charge in [-0.1, -0.05) is 0 Å². The van der Waals surface area contributed by atoms with Gasteiger partial charge in [-0.3, -0.25) is 14.3 Å². The number of carbonyl (C=O) groups is 1. The summed E-state index contributed by atoms with van der Waals surface area (Å²) in [5, 5.41) is 9.36. The van der Waals surface area contributed by atoms with E-state index < -0.39 is 54.2 Å². The fourth-order valence-electron chi connectivity index (χ4n) is 2.37. The molecule has 25 heavy (non-hydrogen) atoms. The molecule has 1 saturated heterocycles. The number of carbonyl (C=O) groups excluding carboxylic acids is 1. The van der Waals surface area contributed by atoms with E-state index in [0.717, 1.165) is 10.8 Å². The molecule has 1 aromatic heterocycles. The van der Waals surface area contributed by atoms with Crippen molar-refractivity contribution in [1.82, 2.24) is 9.55 Å². The second kappa shape index (κ2) is 6.96. The number of aromatic nitrogens is 2. The Labute approximate surface area is 142 Å². The van der Waals surface area contributed by atoms with Gasteiger partial charge in [-0.2, -0.15) is 0 Å². The zero-order valence-corrected chi connectivity index (χ0v) is 14.3. The molecule has 2 rings (SSSR count). The molecule has 2 heterocycles. The zero-order valence-electron chi connectivity index (χ0n) is 14.3. The van der Waals surface area contributed by atoms with E-state index in [2.05, 4.69) is 0 Å². The third-order valence-electron chi connectivity index (χ3n) is 3.49. The monoisotopic (exact) mass is 360 g/mol. The van der Waals surface area contributed by atoms with Crippen molar-refractivity contribution in [3.05, 3.63) is 32.6 Å². The van der Waals surface area contributed by atoms with Crippen LogP contribution in [0.3, 0.4) is 0 Å². The molecule has 0 unspecified atom stereocenters. The van der Waals surface area contributed by atoms with Gasteiger partial charge in [-0.05, 0) is 27.7 Å². The topological polar surface area (TPSA) is 120 Å². The molecule has 0 saturated carbocycles. The molecule has 1 aromatic rings. The largest absolute Gasteiger partial charge is 0.509 e. The Hall–Kier alpha value is -2.20. The predicted molar refractivity (Wildman–Crippen MR) is 83.1 cm³/mol. The first kappa shape index (κ1) is 19.1. The minimum absolute atomic E-state index is 0.174. The Morgan fingerprint density at radius 1 is 1.44 bits per heavy atom. The van der Waals surface area contributed by atoms with E-state index in [1.165, 1.54) is 6.92 Å². The van der Waals surface area contributed by atoms with Crippen LogP contribution in [0, 0.1) is 6.92 Å². The van der Waals surface area contributed by atoms with Gasteiger partial charge in [-0.15, -0.1) is 0 Å². The number of aromatic amines is 1. The molecule has 2 N–H and O–H groups in total. The van der Waals surface area contributed by atoms with Crippen molar-refractivity contribution in [2.24, 2.45) is 0 Å². The molecule has 1 fully saturated rings. The zero-order chi connectivity index (χ0) is 18.9. The van der Waals surface area contributed by atoms with Gasteiger partial charge in [0.2, 0.25) is 0 Å². The minimum atomic E-state index is -1.95. The average Bonchev–Trinajstić information content (AvgIpc) is 2.78. The highest BCUT2D eigenvalue weighted by molar-refractivity contribution is 5.61. The lowest BCUT2D eigenvalue weighted by atomic mass is 10.1. The highest BCUT2D eigenvalue weighted by Crippen LogP contribution is 2.33. The standard InChI is InChI=1S/C15H21FN2O7/c1-7-5-18(13(21)17-11(7)20)12-9(16)10(8(6-19)23-12)24-14(22)25-15(2,3)4/h5,8-10,12,19H,6H2,1-4H3,(H,17,20,21)/t8-,9+,10-,12-/m0/s1. The second-order valence-electron chi connectivity index (χ2n) is 6.72. The first-order chi connectivity index (χ1) is 11.5. The van der Waals surface area contributed by atoms with Gasteiger partial charge >= 0.3 is 11.8 Å². The van der Waals surface area contributed by atoms with Gasteiger partial charge in [0.15, 0.2) is 18.5 Å². The number of hydrogen-bond donors (Lipinski definition) is 2. The van der Waals surface area contributed by atoms with E-state index in [4.69, 9.17) is 14.2 Å². The summed E-state index contributed by atoms with van der Waals surface area (Å²) in [5.41, 5.74) is -2.15. The number of aliphatic hydroxyl groups excluding tert-OH is 1. The van der Waals surface area contributed by atoms with Crippen molar-refractivity contribution in [1.29, 1.82) is 0 Å². The van der Waals surface area contributed by atoms with Crippen LogP contribution in [0.15, 0.2) is 15.8 Å². The molecule has 0 aromatic carbocycles. The van der Waals surface area contributed by atoms with E-state index in [1.807, 2.05) is 4.98 Å². The highest BCUT2D eigenvalue weighted by Gasteiger charge is 2.49. The number of nitrogens with one attached hydrogen (secondary N) is 1. The number of nitrogens with zero attached hydrogens (tertiary/aromatic N) is 1. The van der Waals surface area contributed by atoms with E-state index >= 15 is 0 Å². The molecule has 1 aliphatic rings. The number of hydrogen-bond acceptors (Lipinski definition) is 7. The Bertz CT molecular complexity index is 751. The molecule has 0 bridgehead atoms. The number of alkyl halides is 1. The van der Waals surface area contributed by atoms with Gasteiger partial charge in [0.05, 0.1) is 6.61 Å². The van der Waals surface area contributed by atoms with E-state index in [9.17, 15) is 23.9 Å². The van der Waals surface area contributed by atoms with Crippen LogP contribution in [-0.2, 0) is 14.2 Å². The van der Waals surface area contributed by atoms with Gasteiger partial charge < -0.3 is 19.3 Å². The summed E-state index contributed by atoms with van der Waals surface area (Å²) in [6, 6.07) is 0. The van der Waals surface area contributed by atoms with Crippen molar-refractivity contribution in [3.63, 3.8) is 0 Å². The lowest BCUT2D eigenvalue weighted by Gasteiger charge is -2.23. The van der Waals surface area contributed by atoms with Gasteiger partial charge in [0.1, 0.15) is 11.7 Å². The minimum Gasteiger partial charge on any atom is -0.429 e. The van der Waals surface area contributed by atoms with E-state index in [0.29, 0.717) is 0 Å². The molecule has 140 valence electrons. The van der Waals surface area contributed by atoms with Crippen molar-refractivity contribution in [2.45, 2.75) is 57.9 Å². The Balaban J connectivity index is 2.25. The summed E-state index contributed by atoms with van der Waals surface area (Å²) in [6.45, 7) is 5.64. The van der Waals surface area contributed by atoms with Crippen LogP contribution in [-0.4, -0.2) is 51.4 Å². The van der Waals surface area contributed by atoms with Crippen LogP contribution in [0.1, 0.15) is 32.6 Å². The Kier molecular flexibility index (Phi) is 5.33. The van der Waals surface area contributed by atoms with Gasteiger partial charge in [0.25, 0.3) is 5.56 Å². The fourth-order valence-corrected chi connectivity index (χ4v) is 2.37. The molecule has 0 amide bonds. The Morgan fingerprint density at radius 3 is 2.64 bits per heavy atom. The molecule has 0 aliphatic carbocycles. The molecule has 10 heteroatoms. The number of ether oxygens (including phenoxy) is 3. The van der Waals surface area contributed by atoms with Gasteiger partial charge in [0, 0.05) is 11.8 Å². The molecule has 9 nitrogen and oxygen atoms in total. The SMILES string of the molecule is Cc1cn([C@H]2O[C@@H](CO)[C@H](OC(=O)OC(C)(C)C)[C@H]2F)c(=O)[nH]c1=O. The van der Waals surface area contributed by atoms with Crippen LogP contribution in [0.25, 0.3) is 0 Å². The number of rotatable bonds is 3. The molecule has 0 spiro atoms. The number of halogens is 1. The van der Waals surface area contributed by atoms with Gasteiger partial charge in [-0.25, -0.2) is 14.0 Å². The lowest BCUT2D eigenvalue weighted by Crippen LogP contribution is -2.39. The average molecular weight is 360 g/mol. The lowest BCUT2D eigenvalue weighted by molar-refractivity contribution is -0.0692. The summed E-state index contributed by atoms with van der Waals surface area (Å²) >= 11 is 0. The van der Waals surface area contributed by atoms with Crippen LogP contribution in [0.5, 0.6) is 0 Å². The Morgan fingerprint density at radius 2 is 2.08 bits per heavy atom. The van der Waals surface area contributed by atoms with E-state index in [-0.39, 0.29) is 5.56 Å². The van der Waals surface area contributed by atoms with E-state index in [1.54, 1.807) is 20.8 Å². The maximum Gasteiger partial charge on any atom is 0.509 e. The van der Waals surface area contributed by atoms with Crippen molar-refractivity contribution < 1.29 is 28.5 Å². The molecule has 4 atom stereocenters. The summed E-state index contributed by atoms with van der Waals surface area (Å²) in [4.78, 5) is 37.1. The van der Waals surface area contributed by atoms with Crippen molar-refractivity contribution >= 4 is 6.16 Å². The third kappa shape index (κ3) is 4.26. The summed E-state index contributed by atoms with van der Waals surface area (Å²) in [5.74, 6) is 0. The summed E-state index contributed by atoms with van der Waals surface area (Å²) in [7, 11) is 0. The number of H-pyrrole nitrogens is 1. The molecule has 0 radical (unpaired) electrons. The quantitative estimate of drug-likeness (QED) is 0.748. The fraction of sp³-hybridized carbons (Fsp3) is 0.667. The smallest absolute Gasteiger partial charge is 0.429 e. The first-order valence-electron chi connectivity index (χ1n) is 7.65. The number of aliphatic hydroxyl groups is 1. The maximum atomic E-state index is 14.8. The molecule has 1 aliphatic heterocycles. The first-order valence-corrected chi connectivity index (χ1v) is 7.65. The normalized spacial score (nSPS) is 26.5. The summed E-state index contributed by atoms with van der Waals surface area (Å²) < 4.78 is 30.8. The molecular formula is C15H21FN2O7. The number of aryl methyl sites for hydroxylation is 1.